The molecular weight excluding hydrogens is 509 g/mol. The summed E-state index contributed by atoms with van der Waals surface area (Å²) < 4.78 is 17.6. The molecule has 4 rings (SSSR count). The van der Waals surface area contributed by atoms with Crippen molar-refractivity contribution >= 4 is 29.9 Å². The van der Waals surface area contributed by atoms with Gasteiger partial charge in [0.15, 0.2) is 5.96 Å². The van der Waals surface area contributed by atoms with Crippen molar-refractivity contribution in [1.29, 1.82) is 0 Å². The van der Waals surface area contributed by atoms with Crippen LogP contribution in [-0.4, -0.2) is 85.9 Å². The maximum atomic E-state index is 5.98. The minimum Gasteiger partial charge on any atom is -0.444 e. The van der Waals surface area contributed by atoms with Gasteiger partial charge in [-0.1, -0.05) is 0 Å². The van der Waals surface area contributed by atoms with Crippen molar-refractivity contribution in [2.45, 2.75) is 58.3 Å². The zero-order chi connectivity index (χ0) is 20.9. The van der Waals surface area contributed by atoms with Crippen LogP contribution in [0.5, 0.6) is 0 Å². The third-order valence-corrected chi connectivity index (χ3v) is 6.67. The summed E-state index contributed by atoms with van der Waals surface area (Å²) in [4.78, 5) is 13.8. The molecule has 0 aliphatic carbocycles. The molecule has 31 heavy (non-hydrogen) atoms. The fourth-order valence-corrected chi connectivity index (χ4v) is 4.70. The van der Waals surface area contributed by atoms with Crippen LogP contribution in [0.25, 0.3) is 0 Å². The van der Waals surface area contributed by atoms with Crippen LogP contribution in [0.4, 0.5) is 0 Å². The summed E-state index contributed by atoms with van der Waals surface area (Å²) in [6.45, 7) is 11.3. The normalized spacial score (nSPS) is 26.2. The molecule has 8 nitrogen and oxygen atoms in total. The molecule has 2 atom stereocenters. The molecule has 4 heterocycles. The van der Waals surface area contributed by atoms with E-state index in [1.165, 1.54) is 12.8 Å². The molecular formula is C22H38IN5O3. The Morgan fingerprint density at radius 2 is 1.87 bits per heavy atom. The number of ether oxygens (including phenoxy) is 2. The van der Waals surface area contributed by atoms with Crippen molar-refractivity contribution in [1.82, 2.24) is 20.1 Å². The fraction of sp³-hybridized carbons (Fsp3) is 0.818. The van der Waals surface area contributed by atoms with Gasteiger partial charge in [-0.3, -0.25) is 9.89 Å². The summed E-state index contributed by atoms with van der Waals surface area (Å²) in [5.41, 5.74) is 1.00. The van der Waals surface area contributed by atoms with Crippen molar-refractivity contribution in [2.75, 3.05) is 53.0 Å². The van der Waals surface area contributed by atoms with Crippen molar-refractivity contribution in [3.63, 3.8) is 0 Å². The third kappa shape index (κ3) is 6.55. The highest BCUT2D eigenvalue weighted by atomic mass is 127. The quantitative estimate of drug-likeness (QED) is 0.345. The largest absolute Gasteiger partial charge is 0.444 e. The van der Waals surface area contributed by atoms with Gasteiger partial charge in [0.2, 0.25) is 5.89 Å². The lowest BCUT2D eigenvalue weighted by molar-refractivity contribution is -0.0817. The maximum absolute atomic E-state index is 5.98. The van der Waals surface area contributed by atoms with Gasteiger partial charge in [-0.2, -0.15) is 0 Å². The molecule has 1 aromatic rings. The van der Waals surface area contributed by atoms with Gasteiger partial charge in [-0.25, -0.2) is 4.98 Å². The Morgan fingerprint density at radius 3 is 2.52 bits per heavy atom. The molecule has 1 aromatic heterocycles. The van der Waals surface area contributed by atoms with Crippen LogP contribution in [0.15, 0.2) is 9.41 Å². The van der Waals surface area contributed by atoms with Crippen molar-refractivity contribution < 1.29 is 13.9 Å². The number of nitrogens with one attached hydrogen (secondary N) is 1. The Kier molecular flexibility index (Phi) is 9.42. The summed E-state index contributed by atoms with van der Waals surface area (Å²) in [5.74, 6) is 3.44. The molecule has 1 N–H and O–H groups in total. The monoisotopic (exact) mass is 547 g/mol. The number of halogens is 1. The van der Waals surface area contributed by atoms with Gasteiger partial charge in [0.05, 0.1) is 24.9 Å². The predicted octanol–water partition coefficient (Wildman–Crippen LogP) is 2.58. The number of guanidine groups is 1. The zero-order valence-corrected chi connectivity index (χ0v) is 21.5. The lowest BCUT2D eigenvalue weighted by Crippen LogP contribution is -2.54. The van der Waals surface area contributed by atoms with Crippen LogP contribution in [0.1, 0.15) is 43.0 Å². The Labute approximate surface area is 203 Å². The SMILES string of the molecule is CN=C(NCC1CCN(Cc2nc(C)c(C)o2)CC1)N1CCOC(C2CCCO2)C1.I. The number of hydrogen-bond acceptors (Lipinski definition) is 6. The first-order valence-electron chi connectivity index (χ1n) is 11.5. The number of aliphatic imine (C=N–C) groups is 1. The molecule has 2 unspecified atom stereocenters. The van der Waals surface area contributed by atoms with Crippen LogP contribution in [0.3, 0.4) is 0 Å². The van der Waals surface area contributed by atoms with E-state index in [0.717, 1.165) is 88.6 Å². The first kappa shape index (κ1) is 24.7. The number of aromatic nitrogens is 1. The van der Waals surface area contributed by atoms with E-state index in [4.69, 9.17) is 13.9 Å². The highest BCUT2D eigenvalue weighted by molar-refractivity contribution is 14.0. The van der Waals surface area contributed by atoms with Crippen LogP contribution in [-0.2, 0) is 16.0 Å². The lowest BCUT2D eigenvalue weighted by Gasteiger charge is -2.38. The molecule has 0 amide bonds. The van der Waals surface area contributed by atoms with Gasteiger partial charge in [0.25, 0.3) is 0 Å². The number of morpholine rings is 1. The number of piperidine rings is 1. The molecule has 176 valence electrons. The molecule has 0 spiro atoms. The van der Waals surface area contributed by atoms with Gasteiger partial charge in [0.1, 0.15) is 11.9 Å². The molecule has 0 saturated carbocycles. The summed E-state index contributed by atoms with van der Waals surface area (Å²) in [6.07, 6.45) is 5.02. The predicted molar refractivity (Wildman–Crippen MR) is 131 cm³/mol. The van der Waals surface area contributed by atoms with Gasteiger partial charge < -0.3 is 24.1 Å². The Bertz CT molecular complexity index is 694. The van der Waals surface area contributed by atoms with E-state index in [1.807, 2.05) is 20.9 Å². The molecule has 3 saturated heterocycles. The molecule has 3 aliphatic rings. The second-order valence-corrected chi connectivity index (χ2v) is 8.80. The standard InChI is InChI=1S/C22H37N5O3.HI/c1-16-17(2)30-21(25-16)15-26-8-6-18(7-9-26)13-24-22(23-3)27-10-12-29-20(14-27)19-5-4-11-28-19;/h18-20H,4-15H2,1-3H3,(H,23,24);1H. The topological polar surface area (TPSA) is 75.4 Å². The number of nitrogens with zero attached hydrogens (tertiary/aromatic N) is 4. The van der Waals surface area contributed by atoms with E-state index >= 15 is 0 Å². The molecule has 3 aliphatic heterocycles. The molecule has 9 heteroatoms. The van der Waals surface area contributed by atoms with Crippen molar-refractivity contribution in [2.24, 2.45) is 10.9 Å². The smallest absolute Gasteiger partial charge is 0.208 e. The number of hydrogen-bond donors (Lipinski definition) is 1. The Morgan fingerprint density at radius 1 is 1.10 bits per heavy atom. The van der Waals surface area contributed by atoms with E-state index in [0.29, 0.717) is 5.92 Å². The number of likely N-dealkylation sites (tertiary alicyclic amines) is 1. The minimum absolute atomic E-state index is 0. The molecule has 0 bridgehead atoms. The van der Waals surface area contributed by atoms with Crippen LogP contribution in [0, 0.1) is 19.8 Å². The van der Waals surface area contributed by atoms with Gasteiger partial charge in [0, 0.05) is 33.3 Å². The second-order valence-electron chi connectivity index (χ2n) is 8.80. The van der Waals surface area contributed by atoms with Crippen LogP contribution >= 0.6 is 24.0 Å². The molecule has 0 radical (unpaired) electrons. The minimum atomic E-state index is 0. The summed E-state index contributed by atoms with van der Waals surface area (Å²) in [7, 11) is 1.88. The average Bonchev–Trinajstić information content (AvgIpc) is 3.40. The first-order valence-corrected chi connectivity index (χ1v) is 11.5. The van der Waals surface area contributed by atoms with Crippen LogP contribution in [0.2, 0.25) is 0 Å². The van der Waals surface area contributed by atoms with Gasteiger partial charge >= 0.3 is 0 Å². The average molecular weight is 547 g/mol. The summed E-state index contributed by atoms with van der Waals surface area (Å²) >= 11 is 0. The highest BCUT2D eigenvalue weighted by Gasteiger charge is 2.32. The van der Waals surface area contributed by atoms with Gasteiger partial charge in [-0.05, 0) is 58.5 Å². The number of rotatable bonds is 5. The highest BCUT2D eigenvalue weighted by Crippen LogP contribution is 2.22. The van der Waals surface area contributed by atoms with Gasteiger partial charge in [-0.15, -0.1) is 24.0 Å². The van der Waals surface area contributed by atoms with Crippen molar-refractivity contribution in [3.05, 3.63) is 17.3 Å². The zero-order valence-electron chi connectivity index (χ0n) is 19.1. The number of aryl methyl sites for hydroxylation is 2. The molecule has 0 aromatic carbocycles. The van der Waals surface area contributed by atoms with E-state index in [-0.39, 0.29) is 36.2 Å². The third-order valence-electron chi connectivity index (χ3n) is 6.67. The lowest BCUT2D eigenvalue weighted by atomic mass is 9.97. The maximum Gasteiger partial charge on any atom is 0.208 e. The van der Waals surface area contributed by atoms with E-state index < -0.39 is 0 Å². The summed E-state index contributed by atoms with van der Waals surface area (Å²) in [6, 6.07) is 0. The van der Waals surface area contributed by atoms with Crippen molar-refractivity contribution in [3.8, 4) is 0 Å². The fourth-order valence-electron chi connectivity index (χ4n) is 4.70. The van der Waals surface area contributed by atoms with Crippen LogP contribution < -0.4 is 5.32 Å². The summed E-state index contributed by atoms with van der Waals surface area (Å²) in [5, 5.41) is 3.63. The van der Waals surface area contributed by atoms with E-state index in [9.17, 15) is 0 Å². The molecule has 3 fully saturated rings. The Hall–Kier alpha value is -0.910. The Balaban J connectivity index is 0.00000272. The number of oxazole rings is 1. The first-order chi connectivity index (χ1) is 14.6. The second kappa shape index (κ2) is 11.8. The van der Waals surface area contributed by atoms with E-state index in [2.05, 4.69) is 25.1 Å². The van der Waals surface area contributed by atoms with E-state index in [1.54, 1.807) is 0 Å².